The number of hydrogen-bond donors (Lipinski definition) is 0. The van der Waals surface area contributed by atoms with Crippen LogP contribution in [0.4, 0.5) is 0 Å². The van der Waals surface area contributed by atoms with E-state index in [9.17, 15) is 13.2 Å². The molecular weight excluding hydrogens is 392 g/mol. The maximum atomic E-state index is 13.2. The van der Waals surface area contributed by atoms with Gasteiger partial charge < -0.3 is 14.4 Å². The first kappa shape index (κ1) is 20.8. The Bertz CT molecular complexity index is 845. The van der Waals surface area contributed by atoms with Crippen molar-refractivity contribution in [2.24, 2.45) is 5.92 Å². The number of sulfonamides is 1. The largest absolute Gasteiger partial charge is 0.350 e. The average molecular weight is 423 g/mol. The van der Waals surface area contributed by atoms with Gasteiger partial charge in [0.15, 0.2) is 6.29 Å². The summed E-state index contributed by atoms with van der Waals surface area (Å²) in [6.45, 7) is 5.34. The number of benzene rings is 1. The first-order valence-corrected chi connectivity index (χ1v) is 12.0. The molecule has 1 unspecified atom stereocenters. The van der Waals surface area contributed by atoms with Crippen LogP contribution in [0.25, 0.3) is 0 Å². The Balaban J connectivity index is 1.54. The van der Waals surface area contributed by atoms with E-state index >= 15 is 0 Å². The third-order valence-corrected chi connectivity index (χ3v) is 8.19. The van der Waals surface area contributed by atoms with Crippen LogP contribution >= 0.6 is 0 Å². The first-order chi connectivity index (χ1) is 14.0. The van der Waals surface area contributed by atoms with Crippen LogP contribution in [0.3, 0.4) is 0 Å². The second-order valence-electron chi connectivity index (χ2n) is 8.21. The molecule has 0 aromatic heterocycles. The molecule has 29 heavy (non-hydrogen) atoms. The van der Waals surface area contributed by atoms with Gasteiger partial charge in [-0.15, -0.1) is 0 Å². The van der Waals surface area contributed by atoms with Crippen LogP contribution in [-0.2, 0) is 19.5 Å². The van der Waals surface area contributed by atoms with E-state index in [4.69, 9.17) is 9.47 Å². The monoisotopic (exact) mass is 422 g/mol. The molecule has 4 rings (SSSR count). The number of rotatable bonds is 4. The number of likely N-dealkylation sites (tertiary alicyclic amines) is 1. The molecule has 3 aliphatic rings. The van der Waals surface area contributed by atoms with Gasteiger partial charge in [-0.2, -0.15) is 4.31 Å². The maximum Gasteiger partial charge on any atom is 0.253 e. The quantitative estimate of drug-likeness (QED) is 0.745. The fourth-order valence-electron chi connectivity index (χ4n) is 4.50. The van der Waals surface area contributed by atoms with Gasteiger partial charge in [0.05, 0.1) is 18.1 Å². The zero-order chi connectivity index (χ0) is 20.4. The van der Waals surface area contributed by atoms with E-state index in [1.54, 1.807) is 34.3 Å². The van der Waals surface area contributed by atoms with E-state index in [0.29, 0.717) is 50.5 Å². The van der Waals surface area contributed by atoms with Gasteiger partial charge in [0, 0.05) is 37.7 Å². The molecule has 3 heterocycles. The minimum atomic E-state index is -3.58. The van der Waals surface area contributed by atoms with Crippen LogP contribution < -0.4 is 0 Å². The lowest BCUT2D eigenvalue weighted by Crippen LogP contribution is -2.44. The normalized spacial score (nSPS) is 24.7. The number of carbonyl (C=O) groups is 1. The van der Waals surface area contributed by atoms with E-state index in [-0.39, 0.29) is 23.0 Å². The van der Waals surface area contributed by atoms with Gasteiger partial charge in [-0.25, -0.2) is 8.42 Å². The van der Waals surface area contributed by atoms with Crippen LogP contribution in [0.1, 0.15) is 48.0 Å². The zero-order valence-corrected chi connectivity index (χ0v) is 17.8. The number of carbonyl (C=O) groups excluding carboxylic acids is 1. The number of aryl methyl sites for hydroxylation is 1. The molecule has 0 N–H and O–H groups in total. The predicted octanol–water partition coefficient (Wildman–Crippen LogP) is 2.39. The van der Waals surface area contributed by atoms with Crippen molar-refractivity contribution in [1.29, 1.82) is 0 Å². The summed E-state index contributed by atoms with van der Waals surface area (Å²) in [4.78, 5) is 15.2. The summed E-state index contributed by atoms with van der Waals surface area (Å²) >= 11 is 0. The Morgan fingerprint density at radius 1 is 1.03 bits per heavy atom. The fraction of sp³-hybridized carbons (Fsp3) is 0.667. The van der Waals surface area contributed by atoms with Crippen LogP contribution in [0.5, 0.6) is 0 Å². The Morgan fingerprint density at radius 3 is 2.48 bits per heavy atom. The summed E-state index contributed by atoms with van der Waals surface area (Å²) in [5.41, 5.74) is 1.11. The van der Waals surface area contributed by atoms with E-state index in [1.165, 1.54) is 0 Å². The highest BCUT2D eigenvalue weighted by atomic mass is 32.2. The third kappa shape index (κ3) is 4.35. The molecule has 1 aromatic carbocycles. The molecule has 3 aliphatic heterocycles. The average Bonchev–Trinajstić information content (AvgIpc) is 3.29. The molecule has 0 bridgehead atoms. The van der Waals surface area contributed by atoms with Crippen LogP contribution in [0.15, 0.2) is 23.1 Å². The fourth-order valence-corrected chi connectivity index (χ4v) is 6.27. The minimum absolute atomic E-state index is 0.122. The van der Waals surface area contributed by atoms with Crippen molar-refractivity contribution in [3.8, 4) is 0 Å². The van der Waals surface area contributed by atoms with Crippen molar-refractivity contribution < 1.29 is 22.7 Å². The van der Waals surface area contributed by atoms with Gasteiger partial charge in [-0.1, -0.05) is 12.5 Å². The van der Waals surface area contributed by atoms with Crippen molar-refractivity contribution in [1.82, 2.24) is 9.21 Å². The standard InChI is InChI=1S/C21H30N2O5S/c1-16-7-8-17(14-19(16)29(25,26)23-10-3-2-4-11-23)20(24)22-9-5-6-18(15-22)21-27-12-13-28-21/h7-8,14,18,21H,2-6,9-13,15H2,1H3. The molecule has 0 saturated carbocycles. The first-order valence-electron chi connectivity index (χ1n) is 10.6. The van der Waals surface area contributed by atoms with E-state index < -0.39 is 10.0 Å². The van der Waals surface area contributed by atoms with Gasteiger partial charge in [0.25, 0.3) is 5.91 Å². The van der Waals surface area contributed by atoms with Gasteiger partial charge in [-0.05, 0) is 50.3 Å². The molecule has 1 amide bonds. The maximum absolute atomic E-state index is 13.2. The number of piperidine rings is 2. The molecule has 0 aliphatic carbocycles. The molecule has 1 aromatic rings. The summed E-state index contributed by atoms with van der Waals surface area (Å²) in [6, 6.07) is 5.04. The Morgan fingerprint density at radius 2 is 1.76 bits per heavy atom. The topological polar surface area (TPSA) is 76.1 Å². The number of nitrogens with zero attached hydrogens (tertiary/aromatic N) is 2. The van der Waals surface area contributed by atoms with E-state index in [2.05, 4.69) is 0 Å². The molecule has 0 spiro atoms. The van der Waals surface area contributed by atoms with Crippen LogP contribution in [0, 0.1) is 12.8 Å². The SMILES string of the molecule is Cc1ccc(C(=O)N2CCCC(C3OCCO3)C2)cc1S(=O)(=O)N1CCCCC1. The Labute approximate surface area is 173 Å². The molecule has 3 saturated heterocycles. The predicted molar refractivity (Wildman–Crippen MR) is 108 cm³/mol. The zero-order valence-electron chi connectivity index (χ0n) is 17.0. The van der Waals surface area contributed by atoms with Gasteiger partial charge in [0.2, 0.25) is 10.0 Å². The molecule has 160 valence electrons. The molecule has 8 heteroatoms. The molecule has 0 radical (unpaired) electrons. The summed E-state index contributed by atoms with van der Waals surface area (Å²) in [5, 5.41) is 0. The smallest absolute Gasteiger partial charge is 0.253 e. The number of amides is 1. The second kappa shape index (κ2) is 8.71. The molecule has 3 fully saturated rings. The lowest BCUT2D eigenvalue weighted by Gasteiger charge is -2.35. The highest BCUT2D eigenvalue weighted by Gasteiger charge is 2.34. The van der Waals surface area contributed by atoms with Crippen LogP contribution in [0.2, 0.25) is 0 Å². The third-order valence-electron chi connectivity index (χ3n) is 6.15. The van der Waals surface area contributed by atoms with Crippen molar-refractivity contribution in [2.45, 2.75) is 50.2 Å². The minimum Gasteiger partial charge on any atom is -0.350 e. The number of hydrogen-bond acceptors (Lipinski definition) is 5. The molecule has 1 atom stereocenters. The Hall–Kier alpha value is -1.48. The van der Waals surface area contributed by atoms with Gasteiger partial charge in [0.1, 0.15) is 0 Å². The highest BCUT2D eigenvalue weighted by Crippen LogP contribution is 2.28. The van der Waals surface area contributed by atoms with Crippen molar-refractivity contribution in [2.75, 3.05) is 39.4 Å². The summed E-state index contributed by atoms with van der Waals surface area (Å²) in [7, 11) is -3.58. The lowest BCUT2D eigenvalue weighted by atomic mass is 9.96. The van der Waals surface area contributed by atoms with Crippen LogP contribution in [-0.4, -0.2) is 69.2 Å². The van der Waals surface area contributed by atoms with Crippen molar-refractivity contribution >= 4 is 15.9 Å². The second-order valence-corrected chi connectivity index (χ2v) is 10.1. The Kier molecular flexibility index (Phi) is 6.24. The van der Waals surface area contributed by atoms with Gasteiger partial charge in [-0.3, -0.25) is 4.79 Å². The molecule has 7 nitrogen and oxygen atoms in total. The summed E-state index contributed by atoms with van der Waals surface area (Å²) in [6.07, 6.45) is 4.46. The lowest BCUT2D eigenvalue weighted by molar-refractivity contribution is -0.0969. The van der Waals surface area contributed by atoms with E-state index in [1.807, 2.05) is 0 Å². The molecular formula is C21H30N2O5S. The van der Waals surface area contributed by atoms with Gasteiger partial charge >= 0.3 is 0 Å². The van der Waals surface area contributed by atoms with Crippen molar-refractivity contribution in [3.63, 3.8) is 0 Å². The van der Waals surface area contributed by atoms with Crippen molar-refractivity contribution in [3.05, 3.63) is 29.3 Å². The summed E-state index contributed by atoms with van der Waals surface area (Å²) in [5.74, 6) is 0.0417. The number of ether oxygens (including phenoxy) is 2. The summed E-state index contributed by atoms with van der Waals surface area (Å²) < 4.78 is 39.1. The highest BCUT2D eigenvalue weighted by molar-refractivity contribution is 7.89. The van der Waals surface area contributed by atoms with E-state index in [0.717, 1.165) is 32.1 Å².